The summed E-state index contributed by atoms with van der Waals surface area (Å²) in [6, 6.07) is 0. The van der Waals surface area contributed by atoms with Crippen LogP contribution in [0.4, 0.5) is 0 Å². The first-order valence-corrected chi connectivity index (χ1v) is 4.66. The van der Waals surface area contributed by atoms with Gasteiger partial charge in [-0.15, -0.1) is 6.58 Å². The van der Waals surface area contributed by atoms with E-state index in [2.05, 4.69) is 16.1 Å². The molecule has 6 nitrogen and oxygen atoms in total. The summed E-state index contributed by atoms with van der Waals surface area (Å²) in [5.74, 6) is -0.936. The van der Waals surface area contributed by atoms with Crippen molar-refractivity contribution in [2.24, 2.45) is 0 Å². The van der Waals surface area contributed by atoms with E-state index in [4.69, 9.17) is 10.3 Å². The lowest BCUT2D eigenvalue weighted by atomic mass is 10.1. The van der Waals surface area contributed by atoms with Gasteiger partial charge in [0.05, 0.1) is 13.7 Å². The fraction of sp³-hybridized carbons (Fsp3) is 0.500. The van der Waals surface area contributed by atoms with Crippen molar-refractivity contribution < 1.29 is 23.9 Å². The predicted octanol–water partition coefficient (Wildman–Crippen LogP) is 0.381. The first kappa shape index (κ1) is 14.2. The minimum Gasteiger partial charge on any atom is -0.469 e. The highest BCUT2D eigenvalue weighted by molar-refractivity contribution is 6.27. The summed E-state index contributed by atoms with van der Waals surface area (Å²) in [5, 5.41) is 0. The molecule has 0 bridgehead atoms. The van der Waals surface area contributed by atoms with Crippen molar-refractivity contribution >= 4 is 18.0 Å². The van der Waals surface area contributed by atoms with Crippen LogP contribution in [0.5, 0.6) is 0 Å². The molecule has 6 heteroatoms. The molecule has 0 aliphatic heterocycles. The summed E-state index contributed by atoms with van der Waals surface area (Å²) >= 11 is 0. The van der Waals surface area contributed by atoms with Gasteiger partial charge in [-0.3, -0.25) is 9.59 Å². The van der Waals surface area contributed by atoms with Gasteiger partial charge in [0.2, 0.25) is 0 Å². The molecule has 0 aromatic carbocycles. The van der Waals surface area contributed by atoms with Gasteiger partial charge < -0.3 is 15.0 Å². The molecular formula is C10H14N2O4. The van der Waals surface area contributed by atoms with Crippen molar-refractivity contribution in [1.82, 2.24) is 0 Å². The van der Waals surface area contributed by atoms with Crippen LogP contribution in [-0.4, -0.2) is 42.6 Å². The Balaban J connectivity index is 4.29. The molecule has 1 atom stereocenters. The first-order chi connectivity index (χ1) is 7.65. The molecular weight excluding hydrogens is 212 g/mol. The lowest BCUT2D eigenvalue weighted by molar-refractivity contribution is -0.141. The molecule has 0 spiro atoms. The van der Waals surface area contributed by atoms with E-state index in [1.165, 1.54) is 13.2 Å². The number of ether oxygens (including phenoxy) is 2. The normalized spacial score (nSPS) is 11.1. The second-order valence-electron chi connectivity index (χ2n) is 2.87. The van der Waals surface area contributed by atoms with Crippen LogP contribution in [-0.2, 0) is 19.1 Å². The molecule has 88 valence electrons. The van der Waals surface area contributed by atoms with Gasteiger partial charge in [0, 0.05) is 6.42 Å². The number of nitrogens with zero attached hydrogens (tertiary/aromatic N) is 2. The Bertz CT molecular complexity index is 308. The minimum absolute atomic E-state index is 0.0588. The van der Waals surface area contributed by atoms with Crippen LogP contribution in [0.3, 0.4) is 0 Å². The Kier molecular flexibility index (Phi) is 7.57. The van der Waals surface area contributed by atoms with Crippen LogP contribution < -0.4 is 0 Å². The van der Waals surface area contributed by atoms with Crippen molar-refractivity contribution in [3.63, 3.8) is 0 Å². The van der Waals surface area contributed by atoms with Crippen molar-refractivity contribution in [2.75, 3.05) is 13.7 Å². The van der Waals surface area contributed by atoms with E-state index in [1.54, 1.807) is 0 Å². The molecule has 0 saturated carbocycles. The minimum atomic E-state index is -0.826. The molecule has 0 aromatic heterocycles. The third-order valence-electron chi connectivity index (χ3n) is 1.76. The standard InChI is InChI=1S/C10H14N2O4/c1-3-6-16-9(8(13)7-12-11)4-5-10(14)15-2/h3,7,9H,1,4-6H2,2H3/t9-/m1/s1. The van der Waals surface area contributed by atoms with E-state index in [0.29, 0.717) is 0 Å². The molecule has 0 N–H and O–H groups in total. The maximum absolute atomic E-state index is 11.3. The van der Waals surface area contributed by atoms with Gasteiger partial charge in [-0.2, -0.15) is 4.79 Å². The fourth-order valence-electron chi connectivity index (χ4n) is 0.983. The summed E-state index contributed by atoms with van der Waals surface area (Å²) < 4.78 is 9.56. The second kappa shape index (κ2) is 8.52. The fourth-order valence-corrected chi connectivity index (χ4v) is 0.983. The zero-order chi connectivity index (χ0) is 12.4. The van der Waals surface area contributed by atoms with Crippen LogP contribution in [0.2, 0.25) is 0 Å². The van der Waals surface area contributed by atoms with E-state index in [0.717, 1.165) is 6.21 Å². The molecule has 0 aliphatic rings. The summed E-state index contributed by atoms with van der Waals surface area (Å²) in [4.78, 5) is 24.8. The smallest absolute Gasteiger partial charge is 0.325 e. The maximum Gasteiger partial charge on any atom is 0.325 e. The highest BCUT2D eigenvalue weighted by Crippen LogP contribution is 2.04. The largest absolute Gasteiger partial charge is 0.469 e. The molecule has 0 radical (unpaired) electrons. The number of methoxy groups -OCH3 is 1. The number of hydrogen-bond acceptors (Lipinski definition) is 4. The van der Waals surface area contributed by atoms with E-state index >= 15 is 0 Å². The molecule has 0 amide bonds. The lowest BCUT2D eigenvalue weighted by Gasteiger charge is -2.11. The van der Waals surface area contributed by atoms with Crippen molar-refractivity contribution in [1.29, 1.82) is 0 Å². The quantitative estimate of drug-likeness (QED) is 0.197. The third kappa shape index (κ3) is 5.85. The number of esters is 1. The van der Waals surface area contributed by atoms with E-state index in [-0.39, 0.29) is 19.4 Å². The number of Topliss-reactive ketones (excluding diaryl/α,β-unsaturated/α-hetero) is 1. The van der Waals surface area contributed by atoms with Crippen LogP contribution in [0.25, 0.3) is 5.53 Å². The highest BCUT2D eigenvalue weighted by Gasteiger charge is 2.21. The van der Waals surface area contributed by atoms with Gasteiger partial charge in [-0.05, 0) is 6.42 Å². The average Bonchev–Trinajstić information content (AvgIpc) is 2.29. The van der Waals surface area contributed by atoms with Crippen LogP contribution in [0, 0.1) is 0 Å². The van der Waals surface area contributed by atoms with Crippen LogP contribution in [0.15, 0.2) is 12.7 Å². The number of hydrogen-bond donors (Lipinski definition) is 0. The Morgan fingerprint density at radius 1 is 1.56 bits per heavy atom. The van der Waals surface area contributed by atoms with E-state index < -0.39 is 17.9 Å². The number of carbonyl (C=O) groups excluding carboxylic acids is 2. The number of rotatable bonds is 8. The molecule has 0 saturated heterocycles. The zero-order valence-corrected chi connectivity index (χ0v) is 9.09. The first-order valence-electron chi connectivity index (χ1n) is 4.66. The summed E-state index contributed by atoms with van der Waals surface area (Å²) in [5.41, 5.74) is 8.22. The average molecular weight is 226 g/mol. The molecule has 0 aromatic rings. The third-order valence-corrected chi connectivity index (χ3v) is 1.76. The van der Waals surface area contributed by atoms with Gasteiger partial charge in [0.25, 0.3) is 5.78 Å². The molecule has 16 heavy (non-hydrogen) atoms. The Labute approximate surface area is 93.5 Å². The molecule has 0 rings (SSSR count). The molecule has 0 fully saturated rings. The van der Waals surface area contributed by atoms with Crippen molar-refractivity contribution in [3.8, 4) is 0 Å². The monoisotopic (exact) mass is 226 g/mol. The number of ketones is 1. The zero-order valence-electron chi connectivity index (χ0n) is 9.09. The Morgan fingerprint density at radius 2 is 2.25 bits per heavy atom. The predicted molar refractivity (Wildman–Crippen MR) is 55.9 cm³/mol. The summed E-state index contributed by atoms with van der Waals surface area (Å²) in [6.45, 7) is 3.62. The highest BCUT2D eigenvalue weighted by atomic mass is 16.5. The van der Waals surface area contributed by atoms with Crippen molar-refractivity contribution in [2.45, 2.75) is 18.9 Å². The van der Waals surface area contributed by atoms with Gasteiger partial charge in [0.15, 0.2) is 0 Å². The van der Waals surface area contributed by atoms with Gasteiger partial charge >= 0.3 is 12.2 Å². The van der Waals surface area contributed by atoms with Crippen LogP contribution >= 0.6 is 0 Å². The summed E-state index contributed by atoms with van der Waals surface area (Å²) in [6.07, 6.45) is 1.63. The topological polar surface area (TPSA) is 89.0 Å². The molecule has 0 unspecified atom stereocenters. The Hall–Kier alpha value is -1.78. The van der Waals surface area contributed by atoms with Gasteiger partial charge in [0.1, 0.15) is 6.10 Å². The van der Waals surface area contributed by atoms with Gasteiger partial charge in [-0.1, -0.05) is 6.08 Å². The maximum atomic E-state index is 11.3. The number of carbonyl (C=O) groups is 2. The van der Waals surface area contributed by atoms with Crippen LogP contribution in [0.1, 0.15) is 12.8 Å². The molecule has 0 aliphatic carbocycles. The molecule has 0 heterocycles. The SMILES string of the molecule is C=CCO[C@H](CCC(=O)OC)C(=O)C=[N+]=[N-]. The lowest BCUT2D eigenvalue weighted by Crippen LogP contribution is -2.26. The Morgan fingerprint density at radius 3 is 2.75 bits per heavy atom. The van der Waals surface area contributed by atoms with E-state index in [9.17, 15) is 9.59 Å². The second-order valence-corrected chi connectivity index (χ2v) is 2.87. The van der Waals surface area contributed by atoms with Gasteiger partial charge in [-0.25, -0.2) is 0 Å². The van der Waals surface area contributed by atoms with E-state index in [1.807, 2.05) is 0 Å². The summed E-state index contributed by atoms with van der Waals surface area (Å²) in [7, 11) is 1.26. The van der Waals surface area contributed by atoms with Crippen molar-refractivity contribution in [3.05, 3.63) is 18.2 Å².